The number of nitrogens with one attached hydrogen (secondary N) is 2. The molecule has 4 rings (SSSR count). The van der Waals surface area contributed by atoms with E-state index in [1.54, 1.807) is 11.0 Å². The van der Waals surface area contributed by atoms with Gasteiger partial charge in [-0.3, -0.25) is 9.59 Å². The van der Waals surface area contributed by atoms with Crippen LogP contribution < -0.4 is 16.4 Å². The topological polar surface area (TPSA) is 87.5 Å². The van der Waals surface area contributed by atoms with Gasteiger partial charge in [-0.25, -0.2) is 0 Å². The van der Waals surface area contributed by atoms with Crippen molar-refractivity contribution in [3.05, 3.63) is 64.2 Å². The number of hydrogen-bond donors (Lipinski definition) is 3. The number of rotatable bonds is 5. The minimum atomic E-state index is -0.416. The van der Waals surface area contributed by atoms with E-state index in [1.807, 2.05) is 36.4 Å². The summed E-state index contributed by atoms with van der Waals surface area (Å²) in [6, 6.07) is 12.9. The van der Waals surface area contributed by atoms with Gasteiger partial charge in [0.2, 0.25) is 11.8 Å². The molecule has 146 valence electrons. The highest BCUT2D eigenvalue weighted by atomic mass is 35.5. The van der Waals surface area contributed by atoms with Gasteiger partial charge in [0.05, 0.1) is 5.92 Å². The number of hydrogen-bond acceptors (Lipinski definition) is 4. The zero-order chi connectivity index (χ0) is 19.7. The van der Waals surface area contributed by atoms with Crippen molar-refractivity contribution in [2.45, 2.75) is 31.5 Å². The van der Waals surface area contributed by atoms with E-state index in [2.05, 4.69) is 10.6 Å². The molecule has 0 bridgehead atoms. The van der Waals surface area contributed by atoms with Gasteiger partial charge in [0.25, 0.3) is 0 Å². The smallest absolute Gasteiger partial charge is 0.243 e. The highest BCUT2D eigenvalue weighted by molar-refractivity contribution is 6.30. The molecule has 1 unspecified atom stereocenters. The molecule has 2 aliphatic heterocycles. The van der Waals surface area contributed by atoms with E-state index >= 15 is 0 Å². The quantitative estimate of drug-likeness (QED) is 0.720. The molecule has 1 saturated heterocycles. The van der Waals surface area contributed by atoms with Crippen LogP contribution in [0.3, 0.4) is 0 Å². The van der Waals surface area contributed by atoms with Gasteiger partial charge in [-0.05, 0) is 41.3 Å². The van der Waals surface area contributed by atoms with Crippen LogP contribution in [0.15, 0.2) is 42.5 Å². The largest absolute Gasteiger partial charge is 0.384 e. The minimum Gasteiger partial charge on any atom is -0.384 e. The predicted octanol–water partition coefficient (Wildman–Crippen LogP) is 2.23. The third-order valence-corrected chi connectivity index (χ3v) is 5.81. The van der Waals surface area contributed by atoms with Gasteiger partial charge in [0.1, 0.15) is 6.04 Å². The van der Waals surface area contributed by atoms with Crippen LogP contribution in [0.5, 0.6) is 0 Å². The van der Waals surface area contributed by atoms with Crippen LogP contribution in [-0.2, 0) is 22.7 Å². The number of carbonyl (C=O) groups excluding carboxylic acids is 2. The lowest BCUT2D eigenvalue weighted by atomic mass is 9.94. The molecule has 2 aromatic carbocycles. The van der Waals surface area contributed by atoms with E-state index in [4.69, 9.17) is 17.3 Å². The Morgan fingerprint density at radius 1 is 1.21 bits per heavy atom. The summed E-state index contributed by atoms with van der Waals surface area (Å²) < 4.78 is 0. The van der Waals surface area contributed by atoms with Crippen LogP contribution >= 0.6 is 11.6 Å². The lowest BCUT2D eigenvalue weighted by molar-refractivity contribution is -0.148. The first-order valence-corrected chi connectivity index (χ1v) is 9.84. The maximum atomic E-state index is 13.0. The Bertz CT molecular complexity index is 917. The van der Waals surface area contributed by atoms with Crippen molar-refractivity contribution in [1.29, 1.82) is 0 Å². The third kappa shape index (κ3) is 3.45. The summed E-state index contributed by atoms with van der Waals surface area (Å²) in [6.07, 6.45) is 0.679. The summed E-state index contributed by atoms with van der Waals surface area (Å²) in [6.45, 7) is 1.91. The van der Waals surface area contributed by atoms with Crippen molar-refractivity contribution in [1.82, 2.24) is 10.2 Å². The van der Waals surface area contributed by atoms with E-state index in [1.165, 1.54) is 0 Å². The van der Waals surface area contributed by atoms with Gasteiger partial charge in [-0.15, -0.1) is 0 Å². The number of halogens is 1. The van der Waals surface area contributed by atoms with Crippen molar-refractivity contribution in [3.8, 4) is 0 Å². The molecule has 1 fully saturated rings. The van der Waals surface area contributed by atoms with Gasteiger partial charge >= 0.3 is 0 Å². The maximum absolute atomic E-state index is 13.0. The van der Waals surface area contributed by atoms with Crippen molar-refractivity contribution in [3.63, 3.8) is 0 Å². The lowest BCUT2D eigenvalue weighted by Crippen LogP contribution is -2.59. The molecule has 0 saturated carbocycles. The number of carbonyl (C=O) groups is 2. The minimum absolute atomic E-state index is 0.00857. The first kappa shape index (κ1) is 18.8. The Kier molecular flexibility index (Phi) is 5.24. The number of anilines is 1. The average Bonchev–Trinajstić information content (AvgIpc) is 3.10. The van der Waals surface area contributed by atoms with E-state index in [0.717, 1.165) is 22.4 Å². The highest BCUT2D eigenvalue weighted by Crippen LogP contribution is 2.34. The molecule has 0 aromatic heterocycles. The average molecular weight is 399 g/mol. The van der Waals surface area contributed by atoms with Crippen LogP contribution in [-0.4, -0.2) is 35.8 Å². The molecule has 2 aromatic rings. The molecular formula is C21H23ClN4O2. The van der Waals surface area contributed by atoms with Crippen molar-refractivity contribution in [2.24, 2.45) is 5.73 Å². The standard InChI is InChI=1S/C21H23ClN4O2/c22-15-6-5-13(10-23)14(9-15)11-25-20(27)19-7-8-26(19)21(28)17-12-24-18-4-2-1-3-16(17)18/h1-6,9,17,19,24H,7-8,10-12,23H2,(H,25,27)/t17?,19-/m0/s1. The fraction of sp³-hybridized carbons (Fsp3) is 0.333. The number of nitrogens with zero attached hydrogens (tertiary/aromatic N) is 1. The van der Waals surface area contributed by atoms with E-state index in [-0.39, 0.29) is 17.7 Å². The van der Waals surface area contributed by atoms with Crippen LogP contribution in [0.25, 0.3) is 0 Å². The fourth-order valence-corrected chi connectivity index (χ4v) is 4.08. The number of fused-ring (bicyclic) bond motifs is 1. The van der Waals surface area contributed by atoms with Crippen molar-refractivity contribution < 1.29 is 9.59 Å². The zero-order valence-electron chi connectivity index (χ0n) is 15.5. The van der Waals surface area contributed by atoms with Crippen LogP contribution in [0, 0.1) is 0 Å². The number of benzene rings is 2. The zero-order valence-corrected chi connectivity index (χ0v) is 16.2. The third-order valence-electron chi connectivity index (χ3n) is 5.58. The predicted molar refractivity (Wildman–Crippen MR) is 109 cm³/mol. The molecule has 2 atom stereocenters. The summed E-state index contributed by atoms with van der Waals surface area (Å²) >= 11 is 6.06. The molecule has 7 heteroatoms. The number of likely N-dealkylation sites (tertiary alicyclic amines) is 1. The van der Waals surface area contributed by atoms with E-state index in [9.17, 15) is 9.59 Å². The van der Waals surface area contributed by atoms with Gasteiger partial charge in [0.15, 0.2) is 0 Å². The summed E-state index contributed by atoms with van der Waals surface area (Å²) in [7, 11) is 0. The monoisotopic (exact) mass is 398 g/mol. The molecule has 6 nitrogen and oxygen atoms in total. The molecule has 2 heterocycles. The van der Waals surface area contributed by atoms with Crippen LogP contribution in [0.1, 0.15) is 29.0 Å². The molecule has 0 spiro atoms. The SMILES string of the molecule is NCc1ccc(Cl)cc1CNC(=O)[C@@H]1CCN1C(=O)C1CNc2ccccc21. The van der Waals surface area contributed by atoms with Crippen molar-refractivity contribution >= 4 is 29.1 Å². The normalized spacial score (nSPS) is 20.1. The van der Waals surface area contributed by atoms with Crippen LogP contribution in [0.2, 0.25) is 5.02 Å². The Hall–Kier alpha value is -2.57. The van der Waals surface area contributed by atoms with E-state index < -0.39 is 6.04 Å². The number of para-hydroxylation sites is 1. The summed E-state index contributed by atoms with van der Waals surface area (Å²) in [5, 5.41) is 6.81. The first-order valence-electron chi connectivity index (χ1n) is 9.47. The van der Waals surface area contributed by atoms with Gasteiger partial charge < -0.3 is 21.3 Å². The summed E-state index contributed by atoms with van der Waals surface area (Å²) in [5.41, 5.74) is 9.60. The highest BCUT2D eigenvalue weighted by Gasteiger charge is 2.42. The lowest BCUT2D eigenvalue weighted by Gasteiger charge is -2.41. The molecule has 28 heavy (non-hydrogen) atoms. The molecular weight excluding hydrogens is 376 g/mol. The summed E-state index contributed by atoms with van der Waals surface area (Å²) in [5.74, 6) is -0.361. The molecule has 0 aliphatic carbocycles. The Morgan fingerprint density at radius 2 is 2.04 bits per heavy atom. The van der Waals surface area contributed by atoms with Crippen molar-refractivity contribution in [2.75, 3.05) is 18.4 Å². The molecule has 0 radical (unpaired) electrons. The van der Waals surface area contributed by atoms with Crippen LogP contribution in [0.4, 0.5) is 5.69 Å². The summed E-state index contributed by atoms with van der Waals surface area (Å²) in [4.78, 5) is 27.4. The molecule has 4 N–H and O–H groups in total. The first-order chi connectivity index (χ1) is 13.6. The number of amides is 2. The second-order valence-corrected chi connectivity index (χ2v) is 7.63. The number of nitrogens with two attached hydrogens (primary N) is 1. The van der Waals surface area contributed by atoms with Gasteiger partial charge in [-0.1, -0.05) is 35.9 Å². The Labute approximate surface area is 169 Å². The Balaban J connectivity index is 1.40. The fourth-order valence-electron chi connectivity index (χ4n) is 3.89. The second kappa shape index (κ2) is 7.81. The Morgan fingerprint density at radius 3 is 2.79 bits per heavy atom. The maximum Gasteiger partial charge on any atom is 0.243 e. The second-order valence-electron chi connectivity index (χ2n) is 7.19. The van der Waals surface area contributed by atoms with Gasteiger partial charge in [-0.2, -0.15) is 0 Å². The van der Waals surface area contributed by atoms with E-state index in [0.29, 0.717) is 37.6 Å². The van der Waals surface area contributed by atoms with Gasteiger partial charge in [0, 0.05) is 36.9 Å². The molecule has 2 amide bonds. The molecule has 2 aliphatic rings.